The van der Waals surface area contributed by atoms with Crippen LogP contribution in [0.5, 0.6) is 0 Å². The Bertz CT molecular complexity index is 788. The molecule has 0 atom stereocenters. The molecule has 0 saturated heterocycles. The number of rotatable bonds is 3. The van der Waals surface area contributed by atoms with Gasteiger partial charge in [0.15, 0.2) is 0 Å². The molecule has 136 valence electrons. The number of hydrogen-bond donors (Lipinski definition) is 1. The quantitative estimate of drug-likeness (QED) is 0.856. The Kier molecular flexibility index (Phi) is 7.05. The molecule has 3 rings (SSSR count). The molecule has 6 nitrogen and oxygen atoms in total. The van der Waals surface area contributed by atoms with Gasteiger partial charge in [0.2, 0.25) is 5.91 Å². The normalized spacial score (nSPS) is 13.0. The van der Waals surface area contributed by atoms with Gasteiger partial charge in [-0.2, -0.15) is 0 Å². The largest absolute Gasteiger partial charge is 0.465 e. The first kappa shape index (κ1) is 19.3. The van der Waals surface area contributed by atoms with Crippen LogP contribution in [0.1, 0.15) is 18.1 Å². The van der Waals surface area contributed by atoms with Crippen molar-refractivity contribution in [2.75, 3.05) is 31.6 Å². The van der Waals surface area contributed by atoms with Crippen molar-refractivity contribution in [3.8, 4) is 0 Å². The van der Waals surface area contributed by atoms with Crippen molar-refractivity contribution in [3.63, 3.8) is 0 Å². The van der Waals surface area contributed by atoms with Crippen molar-refractivity contribution in [1.82, 2.24) is 0 Å². The zero-order valence-electron chi connectivity index (χ0n) is 15.0. The van der Waals surface area contributed by atoms with Crippen LogP contribution in [0.25, 0.3) is 0 Å². The average Bonchev–Trinajstić information content (AvgIpc) is 2.81. The number of para-hydroxylation sites is 1. The fourth-order valence-corrected chi connectivity index (χ4v) is 2.50. The molecule has 1 aliphatic rings. The number of hydrogen-bond acceptors (Lipinski definition) is 5. The van der Waals surface area contributed by atoms with Gasteiger partial charge in [0.05, 0.1) is 24.6 Å². The summed E-state index contributed by atoms with van der Waals surface area (Å²) in [6.07, 6.45) is 0. The summed E-state index contributed by atoms with van der Waals surface area (Å²) in [6.45, 7) is 2.33. The molecule has 0 radical (unpaired) electrons. The first-order valence-corrected chi connectivity index (χ1v) is 8.40. The molecule has 2 aromatic rings. The number of carbonyl (C=O) groups is 2. The van der Waals surface area contributed by atoms with Crippen LogP contribution < -0.4 is 10.6 Å². The molecule has 1 heterocycles. The second-order valence-corrected chi connectivity index (χ2v) is 5.51. The lowest BCUT2D eigenvalue weighted by molar-refractivity contribution is -0.141. The maximum absolute atomic E-state index is 12.0. The number of carbonyl (C=O) groups excluding carboxylic acids is 2. The Morgan fingerprint density at radius 1 is 1.15 bits per heavy atom. The van der Waals surface area contributed by atoms with E-state index >= 15 is 0 Å². The van der Waals surface area contributed by atoms with Crippen LogP contribution in [0.15, 0.2) is 59.6 Å². The van der Waals surface area contributed by atoms with Crippen molar-refractivity contribution >= 4 is 23.3 Å². The lowest BCUT2D eigenvalue weighted by atomic mass is 10.0. The van der Waals surface area contributed by atoms with Gasteiger partial charge in [-0.15, -0.1) is 0 Å². The highest BCUT2D eigenvalue weighted by molar-refractivity contribution is 6.19. The molecule has 0 saturated carbocycles. The number of anilines is 1. The van der Waals surface area contributed by atoms with Gasteiger partial charge in [0.25, 0.3) is 0 Å². The van der Waals surface area contributed by atoms with Gasteiger partial charge in [0, 0.05) is 18.2 Å². The minimum absolute atomic E-state index is 0.0124. The van der Waals surface area contributed by atoms with Gasteiger partial charge in [-0.1, -0.05) is 48.5 Å². The zero-order valence-corrected chi connectivity index (χ0v) is 15.0. The molecule has 0 spiro atoms. The van der Waals surface area contributed by atoms with Crippen LogP contribution in [0.4, 0.5) is 5.69 Å². The van der Waals surface area contributed by atoms with Crippen molar-refractivity contribution in [3.05, 3.63) is 65.7 Å². The lowest BCUT2D eigenvalue weighted by Gasteiger charge is -2.17. The predicted octanol–water partition coefficient (Wildman–Crippen LogP) is 2.01. The molecule has 0 fully saturated rings. The van der Waals surface area contributed by atoms with E-state index in [0.29, 0.717) is 6.61 Å². The topological polar surface area (TPSA) is 85.0 Å². The number of benzene rings is 2. The molecule has 1 aliphatic heterocycles. The van der Waals surface area contributed by atoms with E-state index in [1.807, 2.05) is 54.6 Å². The Morgan fingerprint density at radius 2 is 1.81 bits per heavy atom. The number of ether oxygens (including phenoxy) is 1. The van der Waals surface area contributed by atoms with Crippen LogP contribution in [0.2, 0.25) is 0 Å². The number of likely N-dealkylation sites (N-methyl/N-ethyl adjacent to an activating group) is 1. The molecule has 0 aliphatic carbocycles. The maximum atomic E-state index is 12.0. The summed E-state index contributed by atoms with van der Waals surface area (Å²) in [5.41, 5.74) is 8.72. The van der Waals surface area contributed by atoms with Crippen molar-refractivity contribution in [1.29, 1.82) is 0 Å². The van der Waals surface area contributed by atoms with E-state index in [1.54, 1.807) is 18.9 Å². The van der Waals surface area contributed by atoms with Crippen molar-refractivity contribution < 1.29 is 14.3 Å². The van der Waals surface area contributed by atoms with Crippen LogP contribution in [0, 0.1) is 0 Å². The summed E-state index contributed by atoms with van der Waals surface area (Å²) in [7, 11) is 1.80. The van der Waals surface area contributed by atoms with E-state index in [2.05, 4.69) is 9.73 Å². The number of amides is 1. The van der Waals surface area contributed by atoms with Gasteiger partial charge in [-0.05, 0) is 13.0 Å². The molecule has 26 heavy (non-hydrogen) atoms. The second kappa shape index (κ2) is 9.48. The highest BCUT2D eigenvalue weighted by Gasteiger charge is 2.21. The molecule has 0 unspecified atom stereocenters. The Balaban J connectivity index is 0.000000298. The van der Waals surface area contributed by atoms with E-state index < -0.39 is 0 Å². The fraction of sp³-hybridized carbons (Fsp3) is 0.250. The molecule has 2 N–H and O–H groups in total. The van der Waals surface area contributed by atoms with Crippen LogP contribution in [0.3, 0.4) is 0 Å². The fourth-order valence-electron chi connectivity index (χ4n) is 2.50. The number of aliphatic imine (C=N–C) groups is 1. The van der Waals surface area contributed by atoms with Gasteiger partial charge in [0.1, 0.15) is 6.54 Å². The summed E-state index contributed by atoms with van der Waals surface area (Å²) in [5.74, 6) is -0.333. The highest BCUT2D eigenvalue weighted by atomic mass is 16.5. The SMILES string of the molecule is CCOC(=O)CN.CN1C(=O)CN=C(c2ccccc2)c2ccccc21. The van der Waals surface area contributed by atoms with Crippen LogP contribution in [-0.4, -0.2) is 44.3 Å². The van der Waals surface area contributed by atoms with Crippen LogP contribution >= 0.6 is 0 Å². The van der Waals surface area contributed by atoms with E-state index in [1.165, 1.54) is 0 Å². The summed E-state index contributed by atoms with van der Waals surface area (Å²) in [6, 6.07) is 17.9. The zero-order chi connectivity index (χ0) is 18.9. The highest BCUT2D eigenvalue weighted by Crippen LogP contribution is 2.25. The molecular formula is C20H23N3O3. The third-order valence-corrected chi connectivity index (χ3v) is 3.79. The van der Waals surface area contributed by atoms with Crippen molar-refractivity contribution in [2.45, 2.75) is 6.92 Å². The molecule has 2 aromatic carbocycles. The van der Waals surface area contributed by atoms with E-state index in [4.69, 9.17) is 5.73 Å². The van der Waals surface area contributed by atoms with Crippen molar-refractivity contribution in [2.24, 2.45) is 10.7 Å². The number of benzodiazepines with no additional fused rings is 1. The summed E-state index contributed by atoms with van der Waals surface area (Å²) in [4.78, 5) is 28.2. The van der Waals surface area contributed by atoms with E-state index in [-0.39, 0.29) is 25.0 Å². The number of esters is 1. The number of nitrogens with two attached hydrogens (primary N) is 1. The molecule has 0 bridgehead atoms. The predicted molar refractivity (Wildman–Crippen MR) is 102 cm³/mol. The average molecular weight is 353 g/mol. The molecular weight excluding hydrogens is 330 g/mol. The molecule has 1 amide bonds. The maximum Gasteiger partial charge on any atom is 0.319 e. The monoisotopic (exact) mass is 353 g/mol. The standard InChI is InChI=1S/C16H14N2O.C4H9NO2/c1-18-14-10-6-5-9-13(14)16(17-11-15(18)19)12-7-3-2-4-8-12;1-2-7-4(6)3-5/h2-10H,11H2,1H3;2-3,5H2,1H3. The van der Waals surface area contributed by atoms with Gasteiger partial charge in [-0.25, -0.2) is 0 Å². The summed E-state index contributed by atoms with van der Waals surface area (Å²) >= 11 is 0. The third-order valence-electron chi connectivity index (χ3n) is 3.79. The molecule has 6 heteroatoms. The smallest absolute Gasteiger partial charge is 0.319 e. The number of fused-ring (bicyclic) bond motifs is 1. The van der Waals surface area contributed by atoms with E-state index in [0.717, 1.165) is 22.5 Å². The second-order valence-electron chi connectivity index (χ2n) is 5.51. The van der Waals surface area contributed by atoms with Crippen LogP contribution in [-0.2, 0) is 14.3 Å². The Morgan fingerprint density at radius 3 is 2.42 bits per heavy atom. The summed E-state index contributed by atoms with van der Waals surface area (Å²) < 4.78 is 4.43. The third kappa shape index (κ3) is 4.77. The Labute approximate surface area is 153 Å². The molecule has 0 aromatic heterocycles. The van der Waals surface area contributed by atoms with Gasteiger partial charge in [-0.3, -0.25) is 14.6 Å². The Hall–Kier alpha value is -2.99. The number of nitrogens with zero attached hydrogens (tertiary/aromatic N) is 2. The summed E-state index contributed by atoms with van der Waals surface area (Å²) in [5, 5.41) is 0. The van der Waals surface area contributed by atoms with Gasteiger partial charge >= 0.3 is 5.97 Å². The van der Waals surface area contributed by atoms with Gasteiger partial charge < -0.3 is 15.4 Å². The minimum atomic E-state index is -0.345. The lowest BCUT2D eigenvalue weighted by Crippen LogP contribution is -2.27. The first-order valence-electron chi connectivity index (χ1n) is 8.40. The van der Waals surface area contributed by atoms with E-state index in [9.17, 15) is 9.59 Å². The first-order chi connectivity index (χ1) is 12.6. The minimum Gasteiger partial charge on any atom is -0.465 e.